The van der Waals surface area contributed by atoms with Crippen molar-refractivity contribution in [2.75, 3.05) is 0 Å². The highest BCUT2D eigenvalue weighted by molar-refractivity contribution is 5.28. The molecule has 1 aromatic carbocycles. The highest BCUT2D eigenvalue weighted by atomic mass is 14.3. The molecule has 0 aromatic heterocycles. The van der Waals surface area contributed by atoms with Crippen LogP contribution < -0.4 is 0 Å². The maximum Gasteiger partial charge on any atom is 0.0891 e. The lowest BCUT2D eigenvalue weighted by Gasteiger charge is -2.00. The van der Waals surface area contributed by atoms with E-state index in [0.717, 1.165) is 5.56 Å². The predicted octanol–water partition coefficient (Wildman–Crippen LogP) is 2.48. The molecule has 0 saturated carbocycles. The summed E-state index contributed by atoms with van der Waals surface area (Å²) in [6.45, 7) is 3.59. The number of allylic oxidation sites excluding steroid dienone is 1. The molecule has 0 bridgehead atoms. The first-order chi connectivity index (χ1) is 5.38. The summed E-state index contributed by atoms with van der Waals surface area (Å²) < 4.78 is 0. The van der Waals surface area contributed by atoms with Crippen LogP contribution in [0.3, 0.4) is 0 Å². The summed E-state index contributed by atoms with van der Waals surface area (Å²) in [7, 11) is 0. The largest absolute Gasteiger partial charge is 0.197 e. The molecule has 0 aliphatic heterocycles. The monoisotopic (exact) mass is 143 g/mol. The van der Waals surface area contributed by atoms with Gasteiger partial charge in [0, 0.05) is 0 Å². The van der Waals surface area contributed by atoms with Crippen LogP contribution in [0.25, 0.3) is 0 Å². The minimum absolute atomic E-state index is 0.170. The zero-order chi connectivity index (χ0) is 8.10. The topological polar surface area (TPSA) is 23.8 Å². The summed E-state index contributed by atoms with van der Waals surface area (Å²) in [5.41, 5.74) is 1.00. The zero-order valence-electron chi connectivity index (χ0n) is 6.20. The van der Waals surface area contributed by atoms with Crippen molar-refractivity contribution >= 4 is 0 Å². The van der Waals surface area contributed by atoms with E-state index in [9.17, 15) is 0 Å². The third kappa shape index (κ3) is 1.68. The summed E-state index contributed by atoms with van der Waals surface area (Å²) >= 11 is 0. The number of nitrogens with zero attached hydrogens (tertiary/aromatic N) is 1. The summed E-state index contributed by atoms with van der Waals surface area (Å²) in [6, 6.07) is 11.8. The highest BCUT2D eigenvalue weighted by Gasteiger charge is 2.02. The van der Waals surface area contributed by atoms with Crippen LogP contribution in [0.2, 0.25) is 0 Å². The molecule has 1 aromatic rings. The van der Waals surface area contributed by atoms with Crippen LogP contribution in [0.1, 0.15) is 11.5 Å². The van der Waals surface area contributed by atoms with Gasteiger partial charge in [0.15, 0.2) is 0 Å². The van der Waals surface area contributed by atoms with Crippen molar-refractivity contribution in [2.45, 2.75) is 5.92 Å². The Morgan fingerprint density at radius 1 is 1.36 bits per heavy atom. The molecule has 0 saturated heterocycles. The van der Waals surface area contributed by atoms with Gasteiger partial charge in [-0.05, 0) is 5.56 Å². The molecule has 0 radical (unpaired) electrons. The minimum atomic E-state index is -0.170. The number of hydrogen-bond donors (Lipinski definition) is 0. The van der Waals surface area contributed by atoms with E-state index in [-0.39, 0.29) is 5.92 Å². The van der Waals surface area contributed by atoms with Crippen molar-refractivity contribution < 1.29 is 0 Å². The van der Waals surface area contributed by atoms with E-state index >= 15 is 0 Å². The first-order valence-electron chi connectivity index (χ1n) is 3.45. The van der Waals surface area contributed by atoms with Gasteiger partial charge in [0.25, 0.3) is 0 Å². The fourth-order valence-corrected chi connectivity index (χ4v) is 0.924. The van der Waals surface area contributed by atoms with Gasteiger partial charge >= 0.3 is 0 Å². The van der Waals surface area contributed by atoms with Crippen molar-refractivity contribution in [1.82, 2.24) is 0 Å². The quantitative estimate of drug-likeness (QED) is 0.583. The fraction of sp³-hybridized carbons (Fsp3) is 0.100. The van der Waals surface area contributed by atoms with E-state index in [0.29, 0.717) is 0 Å². The lowest BCUT2D eigenvalue weighted by atomic mass is 10.0. The first-order valence-corrected chi connectivity index (χ1v) is 3.45. The fourth-order valence-electron chi connectivity index (χ4n) is 0.924. The lowest BCUT2D eigenvalue weighted by molar-refractivity contribution is 1.10. The average Bonchev–Trinajstić information content (AvgIpc) is 2.09. The van der Waals surface area contributed by atoms with E-state index in [1.165, 1.54) is 0 Å². The van der Waals surface area contributed by atoms with Gasteiger partial charge in [0.05, 0.1) is 12.0 Å². The molecule has 0 fully saturated rings. The lowest BCUT2D eigenvalue weighted by Crippen LogP contribution is -1.88. The van der Waals surface area contributed by atoms with Crippen LogP contribution >= 0.6 is 0 Å². The Morgan fingerprint density at radius 2 is 2.00 bits per heavy atom. The summed E-state index contributed by atoms with van der Waals surface area (Å²) in [5, 5.41) is 8.66. The van der Waals surface area contributed by atoms with Gasteiger partial charge in [-0.1, -0.05) is 36.4 Å². The number of nitriles is 1. The molecule has 11 heavy (non-hydrogen) atoms. The molecule has 0 N–H and O–H groups in total. The molecular weight excluding hydrogens is 134 g/mol. The minimum Gasteiger partial charge on any atom is -0.197 e. The number of hydrogen-bond acceptors (Lipinski definition) is 1. The number of benzene rings is 1. The molecule has 0 amide bonds. The Hall–Kier alpha value is -1.55. The van der Waals surface area contributed by atoms with Crippen LogP contribution in [0, 0.1) is 11.3 Å². The van der Waals surface area contributed by atoms with Crippen molar-refractivity contribution in [3.8, 4) is 6.07 Å². The molecule has 0 aliphatic carbocycles. The molecule has 1 atom stereocenters. The second kappa shape index (κ2) is 3.58. The van der Waals surface area contributed by atoms with Gasteiger partial charge in [-0.15, -0.1) is 6.58 Å². The van der Waals surface area contributed by atoms with Gasteiger partial charge in [0.1, 0.15) is 0 Å². The first kappa shape index (κ1) is 7.56. The third-order valence-corrected chi connectivity index (χ3v) is 1.53. The Balaban J connectivity index is 2.93. The van der Waals surface area contributed by atoms with E-state index in [4.69, 9.17) is 5.26 Å². The molecule has 1 rings (SSSR count). The molecule has 0 spiro atoms. The zero-order valence-corrected chi connectivity index (χ0v) is 6.20. The standard InChI is InChI=1S/C10H9N/c1-2-9(8-11)10-6-4-3-5-7-10/h2-7,9H,1H2/t9-/m0/s1. The van der Waals surface area contributed by atoms with E-state index in [1.54, 1.807) is 6.08 Å². The average molecular weight is 143 g/mol. The maximum absolute atomic E-state index is 8.66. The van der Waals surface area contributed by atoms with Gasteiger partial charge in [-0.25, -0.2) is 0 Å². The SMILES string of the molecule is C=C[C@@H](C#N)c1ccccc1. The van der Waals surface area contributed by atoms with Crippen LogP contribution in [-0.4, -0.2) is 0 Å². The predicted molar refractivity (Wildman–Crippen MR) is 45.0 cm³/mol. The van der Waals surface area contributed by atoms with Crippen molar-refractivity contribution in [2.24, 2.45) is 0 Å². The summed E-state index contributed by atoms with van der Waals surface area (Å²) in [6.07, 6.45) is 1.65. The molecule has 0 aliphatic rings. The smallest absolute Gasteiger partial charge is 0.0891 e. The van der Waals surface area contributed by atoms with Crippen molar-refractivity contribution in [3.63, 3.8) is 0 Å². The van der Waals surface area contributed by atoms with Crippen molar-refractivity contribution in [3.05, 3.63) is 48.6 Å². The Kier molecular flexibility index (Phi) is 2.46. The molecule has 1 nitrogen and oxygen atoms in total. The summed E-state index contributed by atoms with van der Waals surface area (Å²) in [4.78, 5) is 0. The molecule has 0 unspecified atom stereocenters. The Labute approximate surface area is 66.6 Å². The van der Waals surface area contributed by atoms with E-state index in [2.05, 4.69) is 12.6 Å². The van der Waals surface area contributed by atoms with Gasteiger partial charge < -0.3 is 0 Å². The van der Waals surface area contributed by atoms with Crippen LogP contribution in [0.15, 0.2) is 43.0 Å². The molecular formula is C10H9N. The summed E-state index contributed by atoms with van der Waals surface area (Å²) in [5.74, 6) is -0.170. The van der Waals surface area contributed by atoms with Crippen LogP contribution in [0.5, 0.6) is 0 Å². The third-order valence-electron chi connectivity index (χ3n) is 1.53. The van der Waals surface area contributed by atoms with Gasteiger partial charge in [-0.2, -0.15) is 5.26 Å². The second-order valence-electron chi connectivity index (χ2n) is 2.25. The maximum atomic E-state index is 8.66. The van der Waals surface area contributed by atoms with Gasteiger partial charge in [0.2, 0.25) is 0 Å². The number of rotatable bonds is 2. The normalized spacial score (nSPS) is 11.5. The van der Waals surface area contributed by atoms with Crippen LogP contribution in [-0.2, 0) is 0 Å². The Bertz CT molecular complexity index is 269. The van der Waals surface area contributed by atoms with Gasteiger partial charge in [-0.3, -0.25) is 0 Å². The second-order valence-corrected chi connectivity index (χ2v) is 2.25. The molecule has 54 valence electrons. The highest BCUT2D eigenvalue weighted by Crippen LogP contribution is 2.14. The van der Waals surface area contributed by atoms with Crippen LogP contribution in [0.4, 0.5) is 0 Å². The van der Waals surface area contributed by atoms with E-state index < -0.39 is 0 Å². The molecule has 0 heterocycles. The Morgan fingerprint density at radius 3 is 2.45 bits per heavy atom. The molecule has 1 heteroatoms. The van der Waals surface area contributed by atoms with E-state index in [1.807, 2.05) is 30.3 Å². The van der Waals surface area contributed by atoms with Crippen molar-refractivity contribution in [1.29, 1.82) is 5.26 Å².